The van der Waals surface area contributed by atoms with E-state index in [2.05, 4.69) is 9.50 Å². The van der Waals surface area contributed by atoms with Gasteiger partial charge in [-0.05, 0) is 76.8 Å². The molecule has 2 fully saturated rings. The molecule has 1 aliphatic carbocycles. The summed E-state index contributed by atoms with van der Waals surface area (Å²) in [6.07, 6.45) is 1.18. The van der Waals surface area contributed by atoms with Crippen molar-refractivity contribution in [3.8, 4) is 5.75 Å². The fourth-order valence-corrected chi connectivity index (χ4v) is 5.44. The number of hydrogen-bond donors (Lipinski definition) is 2. The minimum absolute atomic E-state index is 0.0472. The summed E-state index contributed by atoms with van der Waals surface area (Å²) in [5.41, 5.74) is -5.88. The lowest BCUT2D eigenvalue weighted by Crippen LogP contribution is -2.59. The number of ether oxygens (including phenoxy) is 2. The molecule has 0 unspecified atom stereocenters. The molecule has 39 heavy (non-hydrogen) atoms. The molecule has 0 aromatic heterocycles. The van der Waals surface area contributed by atoms with Crippen LogP contribution in [0.5, 0.6) is 5.75 Å². The summed E-state index contributed by atoms with van der Waals surface area (Å²) in [7, 11) is -5.80. The van der Waals surface area contributed by atoms with Gasteiger partial charge >= 0.3 is 27.8 Å². The molecule has 2 N–H and O–H groups in total. The van der Waals surface area contributed by atoms with Crippen LogP contribution in [-0.2, 0) is 19.6 Å². The Morgan fingerprint density at radius 1 is 1.08 bits per heavy atom. The molecule has 2 amide bonds. The third-order valence-corrected chi connectivity index (χ3v) is 7.71. The Bertz CT molecular complexity index is 1120. The Kier molecular flexibility index (Phi) is 9.63. The van der Waals surface area contributed by atoms with Crippen LogP contribution in [0.25, 0.3) is 0 Å². The van der Waals surface area contributed by atoms with Gasteiger partial charge in [0.25, 0.3) is 0 Å². The Balaban J connectivity index is 1.62. The number of amides is 2. The molecule has 0 bridgehead atoms. The van der Waals surface area contributed by atoms with Gasteiger partial charge in [-0.1, -0.05) is 18.2 Å². The van der Waals surface area contributed by atoms with Gasteiger partial charge in [-0.25, -0.2) is 9.59 Å². The number of likely N-dealkylation sites (tertiary alicyclic amines) is 1. The summed E-state index contributed by atoms with van der Waals surface area (Å²) in [6, 6.07) is 4.63. The summed E-state index contributed by atoms with van der Waals surface area (Å²) in [5, 5.41) is 12.5. The minimum atomic E-state index is -5.80. The maximum atomic E-state index is 12.8. The van der Waals surface area contributed by atoms with Crippen molar-refractivity contribution in [1.82, 2.24) is 10.2 Å². The maximum Gasteiger partial charge on any atom is 0.534 e. The quantitative estimate of drug-likeness (QED) is 0.341. The molecule has 1 aliphatic heterocycles. The van der Waals surface area contributed by atoms with E-state index in [0.29, 0.717) is 50.6 Å². The third-order valence-electron chi connectivity index (χ3n) is 6.75. The predicted octanol–water partition coefficient (Wildman–Crippen LogP) is 4.99. The van der Waals surface area contributed by atoms with E-state index in [4.69, 9.17) is 9.47 Å². The van der Waals surface area contributed by atoms with Gasteiger partial charge in [0.1, 0.15) is 11.4 Å². The zero-order valence-corrected chi connectivity index (χ0v) is 22.9. The molecular formula is C25H35F3N2O8S. The number of alkyl carbamates (subject to hydrolysis) is 1. The molecule has 14 heteroatoms. The molecule has 0 spiro atoms. The lowest BCUT2D eigenvalue weighted by Gasteiger charge is -2.41. The Labute approximate surface area is 225 Å². The molecule has 0 radical (unpaired) electrons. The number of halogens is 3. The van der Waals surface area contributed by atoms with Crippen LogP contribution >= 0.6 is 0 Å². The van der Waals surface area contributed by atoms with Gasteiger partial charge in [0.2, 0.25) is 0 Å². The van der Waals surface area contributed by atoms with E-state index in [9.17, 15) is 36.3 Å². The van der Waals surface area contributed by atoms with E-state index < -0.39 is 45.5 Å². The van der Waals surface area contributed by atoms with Gasteiger partial charge in [-0.2, -0.15) is 21.6 Å². The van der Waals surface area contributed by atoms with Crippen molar-refractivity contribution in [3.05, 3.63) is 29.8 Å². The smallest absolute Gasteiger partial charge is 0.465 e. The number of benzene rings is 1. The number of hydrogen-bond acceptors (Lipinski definition) is 7. The Hall–Kier alpha value is -2.74. The molecule has 220 valence electrons. The van der Waals surface area contributed by atoms with Crippen molar-refractivity contribution in [1.29, 1.82) is 0 Å². The molecule has 1 saturated carbocycles. The number of alkyl halides is 3. The highest BCUT2D eigenvalue weighted by atomic mass is 32.2. The van der Waals surface area contributed by atoms with Gasteiger partial charge < -0.3 is 29.0 Å². The zero-order valence-electron chi connectivity index (χ0n) is 22.1. The minimum Gasteiger partial charge on any atom is -0.465 e. The molecular weight excluding hydrogens is 545 g/mol. The number of para-hydroxylation sites is 1. The summed E-state index contributed by atoms with van der Waals surface area (Å²) >= 11 is 0. The fourth-order valence-electron chi connectivity index (χ4n) is 4.96. The number of carboxylic acid groups (broad SMARTS) is 1. The standard InChI is InChI=1S/C25H35F3N2O8S/c1-24(2,3)37-22(31)29-19-8-6-14-30(23(32)33)20(19)15-36-17-12-10-16(11-13-17)18-7-4-5-9-21(18)38-39(34,35)25(26,27)28/h4-5,7,9,16-17,19-20H,6,8,10-15H2,1-3H3,(H,29,31)(H,32,33)/t16?,17?,19-,20-/m0/s1. The second-order valence-electron chi connectivity index (χ2n) is 10.8. The summed E-state index contributed by atoms with van der Waals surface area (Å²) in [5.74, 6) is -0.592. The van der Waals surface area contributed by atoms with Crippen LogP contribution in [0.15, 0.2) is 24.3 Å². The van der Waals surface area contributed by atoms with Crippen molar-refractivity contribution < 1.29 is 49.9 Å². The summed E-state index contributed by atoms with van der Waals surface area (Å²) in [6.45, 7) is 5.54. The van der Waals surface area contributed by atoms with Crippen LogP contribution in [0.2, 0.25) is 0 Å². The lowest BCUT2D eigenvalue weighted by atomic mass is 9.82. The molecule has 2 aliphatic rings. The normalized spacial score (nSPS) is 24.6. The van der Waals surface area contributed by atoms with Crippen molar-refractivity contribution in [2.75, 3.05) is 13.2 Å². The summed E-state index contributed by atoms with van der Waals surface area (Å²) in [4.78, 5) is 25.5. The maximum absolute atomic E-state index is 12.8. The number of carbonyl (C=O) groups excluding carboxylic acids is 1. The first-order valence-corrected chi connectivity index (χ1v) is 14.2. The topological polar surface area (TPSA) is 131 Å². The molecule has 3 rings (SSSR count). The van der Waals surface area contributed by atoms with Gasteiger partial charge in [0.15, 0.2) is 0 Å². The average molecular weight is 581 g/mol. The molecule has 1 aromatic rings. The van der Waals surface area contributed by atoms with E-state index >= 15 is 0 Å². The number of piperidine rings is 1. The highest BCUT2D eigenvalue weighted by Crippen LogP contribution is 2.40. The van der Waals surface area contributed by atoms with E-state index in [1.807, 2.05) is 0 Å². The van der Waals surface area contributed by atoms with E-state index in [-0.39, 0.29) is 24.4 Å². The lowest BCUT2D eigenvalue weighted by molar-refractivity contribution is -0.0500. The Morgan fingerprint density at radius 3 is 2.31 bits per heavy atom. The SMILES string of the molecule is CC(C)(C)OC(=O)N[C@H]1CCCN(C(=O)O)[C@H]1COC1CCC(c2ccccc2OS(=O)(=O)C(F)(F)F)CC1. The third kappa shape index (κ3) is 8.37. The van der Waals surface area contributed by atoms with Crippen LogP contribution in [0.4, 0.5) is 22.8 Å². The number of nitrogens with zero attached hydrogens (tertiary/aromatic N) is 1. The molecule has 1 aromatic carbocycles. The highest BCUT2D eigenvalue weighted by molar-refractivity contribution is 7.88. The van der Waals surface area contributed by atoms with Crippen LogP contribution < -0.4 is 9.50 Å². The molecule has 2 atom stereocenters. The average Bonchev–Trinajstić information content (AvgIpc) is 2.81. The largest absolute Gasteiger partial charge is 0.534 e. The van der Waals surface area contributed by atoms with Gasteiger partial charge in [0, 0.05) is 6.54 Å². The summed E-state index contributed by atoms with van der Waals surface area (Å²) < 4.78 is 77.4. The van der Waals surface area contributed by atoms with E-state index in [1.54, 1.807) is 32.9 Å². The van der Waals surface area contributed by atoms with Gasteiger partial charge in [-0.15, -0.1) is 0 Å². The first kappa shape index (κ1) is 30.8. The number of nitrogens with one attached hydrogen (secondary N) is 1. The van der Waals surface area contributed by atoms with E-state index in [1.165, 1.54) is 17.0 Å². The van der Waals surface area contributed by atoms with Gasteiger partial charge in [-0.3, -0.25) is 0 Å². The van der Waals surface area contributed by atoms with Crippen molar-refractivity contribution in [3.63, 3.8) is 0 Å². The van der Waals surface area contributed by atoms with Crippen molar-refractivity contribution in [2.24, 2.45) is 0 Å². The van der Waals surface area contributed by atoms with Crippen LogP contribution in [0.3, 0.4) is 0 Å². The van der Waals surface area contributed by atoms with Gasteiger partial charge in [0.05, 0.1) is 24.8 Å². The first-order valence-electron chi connectivity index (χ1n) is 12.8. The Morgan fingerprint density at radius 2 is 1.72 bits per heavy atom. The molecule has 1 heterocycles. The van der Waals surface area contributed by atoms with Crippen LogP contribution in [-0.4, -0.2) is 73.1 Å². The number of rotatable bonds is 7. The zero-order chi connectivity index (χ0) is 29.0. The number of carbonyl (C=O) groups is 2. The molecule has 10 nitrogen and oxygen atoms in total. The second kappa shape index (κ2) is 12.2. The highest BCUT2D eigenvalue weighted by Gasteiger charge is 2.49. The second-order valence-corrected chi connectivity index (χ2v) is 12.3. The van der Waals surface area contributed by atoms with E-state index in [0.717, 1.165) is 0 Å². The van der Waals surface area contributed by atoms with Crippen molar-refractivity contribution in [2.45, 2.75) is 94.5 Å². The van der Waals surface area contributed by atoms with Crippen molar-refractivity contribution >= 4 is 22.3 Å². The predicted molar refractivity (Wildman–Crippen MR) is 134 cm³/mol. The first-order chi connectivity index (χ1) is 18.1. The van der Waals surface area contributed by atoms with Crippen LogP contribution in [0, 0.1) is 0 Å². The fraction of sp³-hybridized carbons (Fsp3) is 0.680. The van der Waals surface area contributed by atoms with Crippen LogP contribution in [0.1, 0.15) is 70.8 Å². The monoisotopic (exact) mass is 580 g/mol. The molecule has 1 saturated heterocycles.